The second-order valence-electron chi connectivity index (χ2n) is 42.4. The Hall–Kier alpha value is -5.75. The maximum atomic E-state index is 4.66. The molecule has 0 atom stereocenters. The topological polar surface area (TPSA) is 205 Å². The monoisotopic (exact) mass is 1730 g/mol. The van der Waals surface area contributed by atoms with E-state index in [-0.39, 0.29) is 59.6 Å². The maximum absolute atomic E-state index is 4.66. The first-order valence-electron chi connectivity index (χ1n) is 42.2. The molecule has 11 heterocycles. The fraction of sp³-hybridized carbons (Fsp3) is 0.653. The SMILES string of the molecule is CC(C)(C)c1cc(C2CC2)[nH]n1.CC(C)(C)c1ccn[nH]1.CC(C)(C)c1nc(C2CC2)cs1.CC(C)(C)c1ncc(C2CC2)s1.CC(C)(C)c1nccs1.CCc1cc(C(C)(C)C)n[nH]1.CCc1cnc(C(C)(C)C)s1.CCc1csc(C(C)(C)C)n1.Cc1cc(C(C)(C)C)n[nH]1.Cc1cnc(C(C)(C)C)s1.Cc1csc(C(C)(C)C)n1. The van der Waals surface area contributed by atoms with E-state index in [4.69, 9.17) is 0 Å². The summed E-state index contributed by atoms with van der Waals surface area (Å²) >= 11 is 12.6. The highest BCUT2D eigenvalue weighted by Gasteiger charge is 2.31. The summed E-state index contributed by atoms with van der Waals surface area (Å²) in [5.41, 5.74) is 14.3. The van der Waals surface area contributed by atoms with Crippen LogP contribution < -0.4 is 0 Å². The normalized spacial score (nSPS) is 13.9. The predicted octanol–water partition coefficient (Wildman–Crippen LogP) is 29.2. The van der Waals surface area contributed by atoms with Crippen molar-refractivity contribution in [3.05, 3.63) is 183 Å². The van der Waals surface area contributed by atoms with E-state index in [2.05, 4.69) is 372 Å². The number of hydrogen-bond donors (Lipinski definition) is 4. The van der Waals surface area contributed by atoms with Gasteiger partial charge in [-0.3, -0.25) is 20.4 Å². The number of aryl methyl sites for hydroxylation is 6. The number of nitrogens with zero attached hydrogens (tertiary/aromatic N) is 11. The first kappa shape index (κ1) is 104. The van der Waals surface area contributed by atoms with E-state index < -0.39 is 0 Å². The predicted molar refractivity (Wildman–Crippen MR) is 513 cm³/mol. The molecule has 15 nitrogen and oxygen atoms in total. The van der Waals surface area contributed by atoms with Crippen LogP contribution in [0.2, 0.25) is 0 Å². The number of rotatable bonds is 6. The summed E-state index contributed by atoms with van der Waals surface area (Å²) in [6.07, 6.45) is 21.0. The largest absolute Gasteiger partial charge is 0.283 e. The molecule has 0 unspecified atom stereocenters. The molecule has 4 N–H and O–H groups in total. The van der Waals surface area contributed by atoms with E-state index in [1.165, 1.54) is 122 Å². The summed E-state index contributed by atoms with van der Waals surface area (Å²) in [6.45, 7) is 84.8. The minimum atomic E-state index is 0.171. The molecule has 3 aliphatic carbocycles. The van der Waals surface area contributed by atoms with E-state index in [0.717, 1.165) is 59.8 Å². The number of aromatic amines is 4. The van der Waals surface area contributed by atoms with Gasteiger partial charge in [0.1, 0.15) is 0 Å². The summed E-state index contributed by atoms with van der Waals surface area (Å²) in [4.78, 5) is 35.1. The zero-order chi connectivity index (χ0) is 88.9. The fourth-order valence-electron chi connectivity index (χ4n) is 9.74. The molecule has 652 valence electrons. The molecule has 0 bridgehead atoms. The van der Waals surface area contributed by atoms with Crippen molar-refractivity contribution in [3.63, 3.8) is 0 Å². The van der Waals surface area contributed by atoms with Crippen molar-refractivity contribution in [2.24, 2.45) is 0 Å². The molecule has 0 aromatic carbocycles. The third-order valence-electron chi connectivity index (χ3n) is 17.9. The van der Waals surface area contributed by atoms with Gasteiger partial charge in [-0.2, -0.15) is 20.4 Å². The molecule has 3 aliphatic rings. The number of H-pyrrole nitrogens is 4. The van der Waals surface area contributed by atoms with Gasteiger partial charge in [-0.05, 0) is 109 Å². The van der Waals surface area contributed by atoms with Crippen LogP contribution in [0.15, 0.2) is 76.8 Å². The highest BCUT2D eigenvalue weighted by Crippen LogP contribution is 2.45. The van der Waals surface area contributed by atoms with Crippen molar-refractivity contribution in [2.75, 3.05) is 0 Å². The van der Waals surface area contributed by atoms with Crippen LogP contribution in [-0.2, 0) is 78.8 Å². The molecule has 0 radical (unpaired) electrons. The number of aromatic nitrogens is 15. The number of hydrogen-bond acceptors (Lipinski definition) is 18. The van der Waals surface area contributed by atoms with Gasteiger partial charge in [-0.15, -0.1) is 79.4 Å². The molecule has 22 heteroatoms. The molecule has 0 aliphatic heterocycles. The van der Waals surface area contributed by atoms with Crippen molar-refractivity contribution in [3.8, 4) is 0 Å². The third-order valence-corrected chi connectivity index (χ3v) is 27.6. The van der Waals surface area contributed by atoms with Gasteiger partial charge >= 0.3 is 0 Å². The van der Waals surface area contributed by atoms with Crippen LogP contribution in [0.1, 0.15) is 412 Å². The van der Waals surface area contributed by atoms with Crippen molar-refractivity contribution in [2.45, 2.75) is 405 Å². The van der Waals surface area contributed by atoms with Crippen molar-refractivity contribution in [1.82, 2.24) is 75.7 Å². The molecule has 0 amide bonds. The maximum Gasteiger partial charge on any atom is 0.0981 e. The van der Waals surface area contributed by atoms with Crippen LogP contribution in [0.4, 0.5) is 0 Å². The van der Waals surface area contributed by atoms with Gasteiger partial charge in [0.2, 0.25) is 0 Å². The summed E-state index contributed by atoms with van der Waals surface area (Å²) < 4.78 is 0. The summed E-state index contributed by atoms with van der Waals surface area (Å²) in [6, 6.07) is 8.44. The molecule has 11 aromatic heterocycles. The van der Waals surface area contributed by atoms with Gasteiger partial charge in [-0.1, -0.05) is 249 Å². The Balaban J connectivity index is 0.000000271. The summed E-state index contributed by atoms with van der Waals surface area (Å²) in [7, 11) is 0. The first-order valence-corrected chi connectivity index (χ1v) is 48.2. The van der Waals surface area contributed by atoms with Crippen molar-refractivity contribution in [1.29, 1.82) is 0 Å². The second kappa shape index (κ2) is 43.8. The van der Waals surface area contributed by atoms with Crippen LogP contribution >= 0.6 is 79.4 Å². The van der Waals surface area contributed by atoms with Gasteiger partial charge in [-0.25, -0.2) is 34.9 Å². The van der Waals surface area contributed by atoms with Crippen molar-refractivity contribution < 1.29 is 0 Å². The average molecular weight is 1730 g/mol. The molecule has 117 heavy (non-hydrogen) atoms. The zero-order valence-electron chi connectivity index (χ0n) is 79.9. The van der Waals surface area contributed by atoms with Crippen LogP contribution in [0.3, 0.4) is 0 Å². The van der Waals surface area contributed by atoms with Gasteiger partial charge in [0.15, 0.2) is 0 Å². The van der Waals surface area contributed by atoms with E-state index in [1.54, 1.807) is 51.5 Å². The second-order valence-corrected chi connectivity index (χ2v) is 49.2. The number of nitrogens with one attached hydrogen (secondary N) is 4. The Kier molecular flexibility index (Phi) is 38.8. The Labute approximate surface area is 737 Å². The first-order chi connectivity index (χ1) is 53.5. The van der Waals surface area contributed by atoms with Crippen LogP contribution in [0.25, 0.3) is 0 Å². The van der Waals surface area contributed by atoms with Crippen LogP contribution in [0.5, 0.6) is 0 Å². The third kappa shape index (κ3) is 38.9. The molecular formula is C95H155N15S7. The highest BCUT2D eigenvalue weighted by molar-refractivity contribution is 7.12. The van der Waals surface area contributed by atoms with Gasteiger partial charge < -0.3 is 0 Å². The summed E-state index contributed by atoms with van der Waals surface area (Å²) in [5.74, 6) is 2.45. The Morgan fingerprint density at radius 2 is 0.812 bits per heavy atom. The van der Waals surface area contributed by atoms with E-state index in [9.17, 15) is 0 Å². The lowest BCUT2D eigenvalue weighted by molar-refractivity contribution is 0.566. The van der Waals surface area contributed by atoms with E-state index >= 15 is 0 Å². The molecule has 0 spiro atoms. The van der Waals surface area contributed by atoms with E-state index in [0.29, 0.717) is 0 Å². The quantitative estimate of drug-likeness (QED) is 0.123. The standard InChI is InChI=1S/C10H16N2.2C10H15NS.C9H16N2.2C9H15NS.C8H14N2.2C8H13NS.C7H12N2.C7H11NS/c1-10(2,3)9-6-8(11-12-9)7-4-5-7;1-10(2,3)9-11-8(6-12-9)7-4-5-7;1-10(2,3)9-11-6-8(12-9)7-4-5-7;1-5-7-6-8(11-10-7)9(2,3)4;1-5-7-6-11-8(10-7)9(2,3)4;1-5-7-6-10-8(11-7)9(2,3)4;1-6-5-7(10-9-6)8(2,3)4;1-6-5-10-7(9-6)8(2,3)4;1-6-5-9-7(10-6)8(2,3)4;1-7(2,3)6-4-5-8-9-6;1-7(2,3)6-8-4-5-9-6/h6-7H,4-5H2,1-3H3,(H,11,12);2*6-7H,4-5H2,1-3H3;6H,5H2,1-4H3,(H,10,11);2*6H,5H2,1-4H3;5H,1-4H3,(H,9,10);2*5H,1-4H3;4-5H,1-3H3,(H,8,9);4-5H,1-3H3. The summed E-state index contributed by atoms with van der Waals surface area (Å²) in [5, 5.41) is 45.8. The molecule has 3 fully saturated rings. The Bertz CT molecular complexity index is 4090. The molecule has 3 saturated carbocycles. The fourth-order valence-corrected chi connectivity index (χ4v) is 16.2. The van der Waals surface area contributed by atoms with Crippen molar-refractivity contribution >= 4 is 79.4 Å². The number of thiazole rings is 7. The highest BCUT2D eigenvalue weighted by atomic mass is 32.1. The Morgan fingerprint density at radius 1 is 0.359 bits per heavy atom. The minimum absolute atomic E-state index is 0.171. The minimum Gasteiger partial charge on any atom is -0.283 e. The molecule has 14 rings (SSSR count). The average Bonchev–Trinajstić information content (AvgIpc) is 1.68. The van der Waals surface area contributed by atoms with Gasteiger partial charge in [0.25, 0.3) is 0 Å². The van der Waals surface area contributed by atoms with Crippen LogP contribution in [-0.4, -0.2) is 75.7 Å². The smallest absolute Gasteiger partial charge is 0.0981 e. The lowest BCUT2D eigenvalue weighted by atomic mass is 9.92. The zero-order valence-corrected chi connectivity index (χ0v) is 85.6. The molecular weight excluding hydrogens is 1580 g/mol. The van der Waals surface area contributed by atoms with Gasteiger partial charge in [0.05, 0.1) is 63.5 Å². The lowest BCUT2D eigenvalue weighted by Crippen LogP contribution is -2.11. The van der Waals surface area contributed by atoms with Gasteiger partial charge in [0, 0.05) is 167 Å². The molecule has 0 saturated heterocycles. The lowest BCUT2D eigenvalue weighted by Gasteiger charge is -2.14. The Morgan fingerprint density at radius 3 is 1.10 bits per heavy atom. The van der Waals surface area contributed by atoms with Crippen LogP contribution in [0, 0.1) is 20.8 Å². The van der Waals surface area contributed by atoms with E-state index in [1.807, 2.05) is 77.9 Å². The molecule has 11 aromatic rings.